The Kier molecular flexibility index (Phi) is 3.34. The van der Waals surface area contributed by atoms with Gasteiger partial charge in [-0.3, -0.25) is 0 Å². The molecule has 1 aromatic carbocycles. The molecule has 0 bridgehead atoms. The number of benzene rings is 1. The van der Waals surface area contributed by atoms with E-state index in [0.29, 0.717) is 6.07 Å². The molecule has 2 N–H and O–H groups in total. The van der Waals surface area contributed by atoms with E-state index in [-0.39, 0.29) is 12.1 Å². The van der Waals surface area contributed by atoms with Crippen LogP contribution >= 0.6 is 0 Å². The Morgan fingerprint density at radius 2 is 1.93 bits per heavy atom. The van der Waals surface area contributed by atoms with Gasteiger partial charge in [-0.1, -0.05) is 13.0 Å². The molecule has 15 heavy (non-hydrogen) atoms. The topological polar surface area (TPSA) is 26.0 Å². The van der Waals surface area contributed by atoms with Crippen molar-refractivity contribution in [2.24, 2.45) is 5.73 Å². The number of hydrogen-bond acceptors (Lipinski definition) is 1. The van der Waals surface area contributed by atoms with E-state index in [9.17, 15) is 17.6 Å². The zero-order valence-corrected chi connectivity index (χ0v) is 8.11. The SMILES string of the molecule is CC(CN)c1ccc(F)cc1C(F)(F)F. The van der Waals surface area contributed by atoms with Crippen molar-refractivity contribution in [3.63, 3.8) is 0 Å². The number of rotatable bonds is 2. The third kappa shape index (κ3) is 2.68. The Hall–Kier alpha value is -1.10. The van der Waals surface area contributed by atoms with Crippen molar-refractivity contribution >= 4 is 0 Å². The summed E-state index contributed by atoms with van der Waals surface area (Å²) in [6.45, 7) is 1.66. The molecule has 0 amide bonds. The molecule has 0 aliphatic rings. The van der Waals surface area contributed by atoms with E-state index in [0.717, 1.165) is 12.1 Å². The Balaban J connectivity index is 3.27. The molecule has 0 heterocycles. The van der Waals surface area contributed by atoms with Crippen LogP contribution in [0.5, 0.6) is 0 Å². The van der Waals surface area contributed by atoms with Gasteiger partial charge in [0.25, 0.3) is 0 Å². The first-order chi connectivity index (χ1) is 6.86. The van der Waals surface area contributed by atoms with Gasteiger partial charge in [-0.05, 0) is 30.2 Å². The summed E-state index contributed by atoms with van der Waals surface area (Å²) in [5.74, 6) is -1.34. The second kappa shape index (κ2) is 4.18. The van der Waals surface area contributed by atoms with Gasteiger partial charge >= 0.3 is 6.18 Å². The highest BCUT2D eigenvalue weighted by molar-refractivity contribution is 5.33. The van der Waals surface area contributed by atoms with Crippen LogP contribution in [0.1, 0.15) is 24.0 Å². The fourth-order valence-electron chi connectivity index (χ4n) is 1.33. The van der Waals surface area contributed by atoms with Crippen LogP contribution in [0, 0.1) is 5.82 Å². The van der Waals surface area contributed by atoms with Crippen LogP contribution in [0.4, 0.5) is 17.6 Å². The van der Waals surface area contributed by atoms with Gasteiger partial charge in [0.15, 0.2) is 0 Å². The van der Waals surface area contributed by atoms with Crippen molar-refractivity contribution in [2.45, 2.75) is 19.0 Å². The molecule has 84 valence electrons. The highest BCUT2D eigenvalue weighted by atomic mass is 19.4. The molecule has 0 saturated carbocycles. The average Bonchev–Trinajstić information content (AvgIpc) is 2.15. The summed E-state index contributed by atoms with van der Waals surface area (Å²) in [5, 5.41) is 0. The Bertz CT molecular complexity index is 346. The summed E-state index contributed by atoms with van der Waals surface area (Å²) in [7, 11) is 0. The standard InChI is InChI=1S/C10H11F4N/c1-6(5-15)8-3-2-7(11)4-9(8)10(12,13)14/h2-4,6H,5,15H2,1H3. The fraction of sp³-hybridized carbons (Fsp3) is 0.400. The van der Waals surface area contributed by atoms with Gasteiger partial charge in [0.05, 0.1) is 5.56 Å². The lowest BCUT2D eigenvalue weighted by Crippen LogP contribution is -2.16. The van der Waals surface area contributed by atoms with E-state index in [2.05, 4.69) is 0 Å². The van der Waals surface area contributed by atoms with Crippen molar-refractivity contribution in [1.29, 1.82) is 0 Å². The van der Waals surface area contributed by atoms with Crippen molar-refractivity contribution in [2.75, 3.05) is 6.54 Å². The van der Waals surface area contributed by atoms with Gasteiger partial charge in [-0.15, -0.1) is 0 Å². The molecule has 0 aliphatic carbocycles. The third-order valence-electron chi connectivity index (χ3n) is 2.21. The summed E-state index contributed by atoms with van der Waals surface area (Å²) in [6, 6.07) is 2.65. The largest absolute Gasteiger partial charge is 0.416 e. The minimum atomic E-state index is -4.54. The average molecular weight is 221 g/mol. The number of alkyl halides is 3. The van der Waals surface area contributed by atoms with Crippen molar-refractivity contribution in [3.8, 4) is 0 Å². The normalized spacial score (nSPS) is 14.0. The quantitative estimate of drug-likeness (QED) is 0.763. The first kappa shape index (κ1) is 12.0. The lowest BCUT2D eigenvalue weighted by atomic mass is 9.95. The van der Waals surface area contributed by atoms with Crippen molar-refractivity contribution in [3.05, 3.63) is 35.1 Å². The van der Waals surface area contributed by atoms with Crippen molar-refractivity contribution < 1.29 is 17.6 Å². The van der Waals surface area contributed by atoms with Gasteiger partial charge in [0.2, 0.25) is 0 Å². The minimum Gasteiger partial charge on any atom is -0.330 e. The molecular formula is C10H11F4N. The Labute approximate surface area is 84.9 Å². The third-order valence-corrected chi connectivity index (χ3v) is 2.21. The molecule has 0 aliphatic heterocycles. The molecule has 5 heteroatoms. The van der Waals surface area contributed by atoms with E-state index in [4.69, 9.17) is 5.73 Å². The summed E-state index contributed by atoms with van der Waals surface area (Å²) in [5.41, 5.74) is 4.38. The predicted octanol–water partition coefficient (Wildman–Crippen LogP) is 2.91. The van der Waals surface area contributed by atoms with Gasteiger partial charge in [0.1, 0.15) is 5.82 Å². The zero-order chi connectivity index (χ0) is 11.6. The molecule has 1 unspecified atom stereocenters. The maximum Gasteiger partial charge on any atom is 0.416 e. The van der Waals surface area contributed by atoms with Crippen LogP contribution in [-0.2, 0) is 6.18 Å². The molecule has 1 rings (SSSR count). The van der Waals surface area contributed by atoms with Gasteiger partial charge in [-0.2, -0.15) is 13.2 Å². The van der Waals surface area contributed by atoms with E-state index in [1.54, 1.807) is 6.92 Å². The second-order valence-corrected chi connectivity index (χ2v) is 3.37. The number of hydrogen-bond donors (Lipinski definition) is 1. The summed E-state index contributed by atoms with van der Waals surface area (Å²) < 4.78 is 50.3. The maximum atomic E-state index is 12.7. The predicted molar refractivity (Wildman–Crippen MR) is 48.9 cm³/mol. The molecule has 0 spiro atoms. The smallest absolute Gasteiger partial charge is 0.330 e. The monoisotopic (exact) mass is 221 g/mol. The minimum absolute atomic E-state index is 0.0337. The lowest BCUT2D eigenvalue weighted by Gasteiger charge is -2.16. The highest BCUT2D eigenvalue weighted by Gasteiger charge is 2.34. The first-order valence-corrected chi connectivity index (χ1v) is 4.43. The van der Waals surface area contributed by atoms with Crippen LogP contribution < -0.4 is 5.73 Å². The lowest BCUT2D eigenvalue weighted by molar-refractivity contribution is -0.138. The molecule has 1 atom stereocenters. The Morgan fingerprint density at radius 1 is 1.33 bits per heavy atom. The van der Waals surface area contributed by atoms with Gasteiger partial charge in [-0.25, -0.2) is 4.39 Å². The Morgan fingerprint density at radius 3 is 2.40 bits per heavy atom. The van der Waals surface area contributed by atoms with Crippen LogP contribution in [0.3, 0.4) is 0 Å². The molecular weight excluding hydrogens is 210 g/mol. The molecule has 0 aromatic heterocycles. The summed E-state index contributed by atoms with van der Waals surface area (Å²) >= 11 is 0. The van der Waals surface area contributed by atoms with Gasteiger partial charge in [0, 0.05) is 0 Å². The highest BCUT2D eigenvalue weighted by Crippen LogP contribution is 2.35. The molecule has 0 radical (unpaired) electrons. The van der Waals surface area contributed by atoms with Crippen LogP contribution in [-0.4, -0.2) is 6.54 Å². The van der Waals surface area contributed by atoms with Crippen LogP contribution in [0.25, 0.3) is 0 Å². The number of halogens is 4. The van der Waals surface area contributed by atoms with E-state index >= 15 is 0 Å². The van der Waals surface area contributed by atoms with E-state index in [1.165, 1.54) is 0 Å². The molecule has 0 saturated heterocycles. The van der Waals surface area contributed by atoms with E-state index in [1.807, 2.05) is 0 Å². The zero-order valence-electron chi connectivity index (χ0n) is 8.11. The second-order valence-electron chi connectivity index (χ2n) is 3.37. The fourth-order valence-corrected chi connectivity index (χ4v) is 1.33. The molecule has 1 aromatic rings. The van der Waals surface area contributed by atoms with Gasteiger partial charge < -0.3 is 5.73 Å². The maximum absolute atomic E-state index is 12.7. The molecule has 1 nitrogen and oxygen atoms in total. The summed E-state index contributed by atoms with van der Waals surface area (Å²) in [6.07, 6.45) is -4.54. The molecule has 0 fully saturated rings. The first-order valence-electron chi connectivity index (χ1n) is 4.43. The summed E-state index contributed by atoms with van der Waals surface area (Å²) in [4.78, 5) is 0. The van der Waals surface area contributed by atoms with Crippen LogP contribution in [0.2, 0.25) is 0 Å². The van der Waals surface area contributed by atoms with E-state index < -0.39 is 23.5 Å². The number of nitrogens with two attached hydrogens (primary N) is 1. The van der Waals surface area contributed by atoms with Crippen LogP contribution in [0.15, 0.2) is 18.2 Å². The van der Waals surface area contributed by atoms with Crippen molar-refractivity contribution in [1.82, 2.24) is 0 Å².